The van der Waals surface area contributed by atoms with Gasteiger partial charge in [-0.05, 0) is 35.9 Å². The smallest absolute Gasteiger partial charge is 0.330 e. The van der Waals surface area contributed by atoms with Crippen molar-refractivity contribution < 1.29 is 54.8 Å². The zero-order valence-corrected chi connectivity index (χ0v) is 16.5. The Kier molecular flexibility index (Phi) is 7.05. The van der Waals surface area contributed by atoms with Gasteiger partial charge in [0.2, 0.25) is 6.29 Å². The molecule has 1 aliphatic heterocycles. The molecule has 2 aromatic rings. The van der Waals surface area contributed by atoms with E-state index in [1.165, 1.54) is 30.3 Å². The van der Waals surface area contributed by atoms with Crippen molar-refractivity contribution in [3.05, 3.63) is 48.0 Å². The molecule has 0 aliphatic carbocycles. The molecule has 3 rings (SSSR count). The summed E-state index contributed by atoms with van der Waals surface area (Å²) in [5.74, 6) is -2.36. The van der Waals surface area contributed by atoms with Crippen molar-refractivity contribution in [1.82, 2.24) is 0 Å². The first-order chi connectivity index (χ1) is 15.2. The van der Waals surface area contributed by atoms with Gasteiger partial charge >= 0.3 is 5.97 Å². The Morgan fingerprint density at radius 1 is 0.875 bits per heavy atom. The molecule has 0 bridgehead atoms. The highest BCUT2D eigenvalue weighted by Crippen LogP contribution is 2.31. The monoisotopic (exact) mass is 450 g/mol. The van der Waals surface area contributed by atoms with Gasteiger partial charge < -0.3 is 50.0 Å². The number of rotatable bonds is 6. The minimum atomic E-state index is -1.68. The van der Waals surface area contributed by atoms with Crippen LogP contribution in [0.4, 0.5) is 0 Å². The molecule has 1 heterocycles. The highest BCUT2D eigenvalue weighted by atomic mass is 16.7. The maximum atomic E-state index is 12.0. The fourth-order valence-electron chi connectivity index (χ4n) is 2.88. The van der Waals surface area contributed by atoms with Crippen molar-refractivity contribution in [1.29, 1.82) is 0 Å². The number of ether oxygens (including phenoxy) is 3. The van der Waals surface area contributed by atoms with E-state index in [1.54, 1.807) is 0 Å². The summed E-state index contributed by atoms with van der Waals surface area (Å²) in [5.41, 5.74) is 0.412. The standard InChI is InChI=1S/C21H22O11/c22-12-4-1-10(7-14(12)24)2-6-17(26)30-9-16-18(27)19(28)20(29)21(32-16)31-11-3-5-13(23)15(25)8-11/h1-8,16,18-25,27-29H,9H2/t16-,18-,19+,20-,21-/m1/s1. The average molecular weight is 450 g/mol. The summed E-state index contributed by atoms with van der Waals surface area (Å²) in [4.78, 5) is 12.0. The van der Waals surface area contributed by atoms with Gasteiger partial charge in [-0.25, -0.2) is 4.79 Å². The van der Waals surface area contributed by atoms with E-state index in [0.717, 1.165) is 18.2 Å². The molecular weight excluding hydrogens is 428 g/mol. The maximum Gasteiger partial charge on any atom is 0.330 e. The second-order valence-corrected chi connectivity index (χ2v) is 6.99. The Balaban J connectivity index is 1.60. The Morgan fingerprint density at radius 2 is 1.53 bits per heavy atom. The molecule has 11 nitrogen and oxygen atoms in total. The van der Waals surface area contributed by atoms with Crippen molar-refractivity contribution in [2.45, 2.75) is 30.7 Å². The molecule has 7 N–H and O–H groups in total. The van der Waals surface area contributed by atoms with Crippen molar-refractivity contribution >= 4 is 12.0 Å². The summed E-state index contributed by atoms with van der Waals surface area (Å²) >= 11 is 0. The van der Waals surface area contributed by atoms with Gasteiger partial charge in [-0.2, -0.15) is 0 Å². The third-order valence-corrected chi connectivity index (χ3v) is 4.67. The maximum absolute atomic E-state index is 12.0. The van der Waals surface area contributed by atoms with E-state index in [9.17, 15) is 40.5 Å². The van der Waals surface area contributed by atoms with E-state index in [-0.39, 0.29) is 17.2 Å². The molecule has 1 saturated heterocycles. The number of hydrogen-bond acceptors (Lipinski definition) is 11. The van der Waals surface area contributed by atoms with Crippen molar-refractivity contribution in [2.24, 2.45) is 0 Å². The quantitative estimate of drug-likeness (QED) is 0.178. The normalized spacial score (nSPS) is 25.5. The SMILES string of the molecule is O=C(C=Cc1ccc(O)c(O)c1)OC[C@H]1O[C@@H](Oc2ccc(O)c(O)c2)[C@H](O)[C@@H](O)[C@@H]1O. The number of phenolic OH excluding ortho intramolecular Hbond substituents is 4. The number of esters is 1. The van der Waals surface area contributed by atoms with E-state index in [0.29, 0.717) is 5.56 Å². The minimum Gasteiger partial charge on any atom is -0.504 e. The van der Waals surface area contributed by atoms with E-state index in [4.69, 9.17) is 14.2 Å². The number of benzene rings is 2. The fraction of sp³-hybridized carbons (Fsp3) is 0.286. The average Bonchev–Trinajstić information content (AvgIpc) is 2.76. The second kappa shape index (κ2) is 9.75. The summed E-state index contributed by atoms with van der Waals surface area (Å²) in [6, 6.07) is 7.41. The lowest BCUT2D eigenvalue weighted by Gasteiger charge is -2.39. The number of aromatic hydroxyl groups is 4. The van der Waals surface area contributed by atoms with Gasteiger partial charge in [-0.1, -0.05) is 6.07 Å². The van der Waals surface area contributed by atoms with Crippen LogP contribution in [0.3, 0.4) is 0 Å². The molecule has 0 radical (unpaired) electrons. The number of carbonyl (C=O) groups is 1. The second-order valence-electron chi connectivity index (χ2n) is 6.99. The third kappa shape index (κ3) is 5.39. The predicted octanol–water partition coefficient (Wildman–Crippen LogP) is -0.0480. The molecule has 1 aliphatic rings. The molecule has 0 amide bonds. The molecule has 172 valence electrons. The topological polar surface area (TPSA) is 186 Å². The summed E-state index contributed by atoms with van der Waals surface area (Å²) in [7, 11) is 0. The lowest BCUT2D eigenvalue weighted by Crippen LogP contribution is -2.60. The van der Waals surface area contributed by atoms with Crippen LogP contribution < -0.4 is 4.74 Å². The molecule has 11 heteroatoms. The summed E-state index contributed by atoms with van der Waals surface area (Å²) in [6.07, 6.45) is -5.30. The zero-order valence-electron chi connectivity index (χ0n) is 16.5. The van der Waals surface area contributed by atoms with Gasteiger partial charge in [0.15, 0.2) is 23.0 Å². The molecule has 0 aromatic heterocycles. The van der Waals surface area contributed by atoms with Crippen LogP contribution in [0.1, 0.15) is 5.56 Å². The largest absolute Gasteiger partial charge is 0.504 e. The molecule has 2 aromatic carbocycles. The summed E-state index contributed by atoms with van der Waals surface area (Å²) in [6.45, 7) is -0.490. The third-order valence-electron chi connectivity index (χ3n) is 4.67. The van der Waals surface area contributed by atoms with Crippen LogP contribution in [0.2, 0.25) is 0 Å². The molecule has 0 spiro atoms. The van der Waals surface area contributed by atoms with Crippen LogP contribution in [0.15, 0.2) is 42.5 Å². The Morgan fingerprint density at radius 3 is 2.19 bits per heavy atom. The van der Waals surface area contributed by atoms with Crippen LogP contribution in [-0.2, 0) is 14.3 Å². The zero-order chi connectivity index (χ0) is 23.4. The Labute approximate surface area is 181 Å². The van der Waals surface area contributed by atoms with Gasteiger partial charge in [0.25, 0.3) is 0 Å². The van der Waals surface area contributed by atoms with Gasteiger partial charge in [0, 0.05) is 12.1 Å². The van der Waals surface area contributed by atoms with Crippen molar-refractivity contribution in [3.63, 3.8) is 0 Å². The lowest BCUT2D eigenvalue weighted by atomic mass is 9.99. The number of carbonyl (C=O) groups excluding carboxylic acids is 1. The Bertz CT molecular complexity index is 990. The van der Waals surface area contributed by atoms with Gasteiger partial charge in [-0.3, -0.25) is 0 Å². The summed E-state index contributed by atoms with van der Waals surface area (Å²) in [5, 5.41) is 67.9. The lowest BCUT2D eigenvalue weighted by molar-refractivity contribution is -0.278. The van der Waals surface area contributed by atoms with E-state index in [1.807, 2.05) is 0 Å². The molecule has 1 fully saturated rings. The van der Waals surface area contributed by atoms with E-state index < -0.39 is 54.8 Å². The number of hydrogen-bond donors (Lipinski definition) is 7. The van der Waals surface area contributed by atoms with Gasteiger partial charge in [-0.15, -0.1) is 0 Å². The van der Waals surface area contributed by atoms with Crippen LogP contribution in [0.5, 0.6) is 28.7 Å². The van der Waals surface area contributed by atoms with Crippen LogP contribution in [0.25, 0.3) is 6.08 Å². The van der Waals surface area contributed by atoms with Gasteiger partial charge in [0.05, 0.1) is 0 Å². The first kappa shape index (κ1) is 23.2. The minimum absolute atomic E-state index is 0.00349. The van der Waals surface area contributed by atoms with E-state index in [2.05, 4.69) is 0 Å². The van der Waals surface area contributed by atoms with Crippen molar-refractivity contribution in [3.8, 4) is 28.7 Å². The molecule has 32 heavy (non-hydrogen) atoms. The summed E-state index contributed by atoms with van der Waals surface area (Å²) < 4.78 is 15.8. The number of phenols is 4. The first-order valence-corrected chi connectivity index (χ1v) is 9.41. The van der Waals surface area contributed by atoms with Crippen molar-refractivity contribution in [2.75, 3.05) is 6.61 Å². The molecule has 0 unspecified atom stereocenters. The first-order valence-electron chi connectivity index (χ1n) is 9.41. The molecule has 5 atom stereocenters. The van der Waals surface area contributed by atoms with Crippen LogP contribution in [-0.4, -0.2) is 79.0 Å². The number of aliphatic hydroxyl groups is 3. The van der Waals surface area contributed by atoms with Crippen LogP contribution in [0, 0.1) is 0 Å². The molecular formula is C21H22O11. The predicted molar refractivity (Wildman–Crippen MR) is 107 cm³/mol. The Hall–Kier alpha value is -3.51. The van der Waals surface area contributed by atoms with Crippen LogP contribution >= 0.6 is 0 Å². The highest BCUT2D eigenvalue weighted by Gasteiger charge is 2.45. The highest BCUT2D eigenvalue weighted by molar-refractivity contribution is 5.87. The fourth-order valence-corrected chi connectivity index (χ4v) is 2.88. The van der Waals surface area contributed by atoms with Gasteiger partial charge in [0.1, 0.15) is 36.8 Å². The molecule has 0 saturated carbocycles. The number of aliphatic hydroxyl groups excluding tert-OH is 3. The van der Waals surface area contributed by atoms with E-state index >= 15 is 0 Å².